The first-order chi connectivity index (χ1) is 30.9. The van der Waals surface area contributed by atoms with Gasteiger partial charge in [0.1, 0.15) is 5.60 Å². The molecule has 0 amide bonds. The van der Waals surface area contributed by atoms with Gasteiger partial charge in [0.25, 0.3) is 0 Å². The lowest BCUT2D eigenvalue weighted by atomic mass is 9.64. The Labute approximate surface area is 334 Å². The van der Waals surface area contributed by atoms with Crippen molar-refractivity contribution in [2.75, 3.05) is 7.11 Å². The Kier molecular flexibility index (Phi) is 1.66. The number of methoxy groups -OCH3 is 1. The lowest BCUT2D eigenvalue weighted by Crippen LogP contribution is -2.39. The Bertz CT molecular complexity index is 6630. The minimum Gasteiger partial charge on any atom is -0.367 e. The van der Waals surface area contributed by atoms with Crippen LogP contribution in [-0.4, -0.2) is 7.11 Å². The first-order valence-electron chi connectivity index (χ1n) is 23.1. The molecule has 0 saturated carbocycles. The summed E-state index contributed by atoms with van der Waals surface area (Å²) in [4.78, 5) is 0. The average molecular weight is 752 g/mol. The van der Waals surface area contributed by atoms with Gasteiger partial charge in [-0.2, -0.15) is 0 Å². The second-order valence-electron chi connectivity index (χ2n) is 23.0. The molecule has 0 heterocycles. The van der Waals surface area contributed by atoms with E-state index in [0.717, 1.165) is 0 Å². The van der Waals surface area contributed by atoms with Crippen LogP contribution in [0, 0.1) is 5.92 Å². The highest BCUT2D eigenvalue weighted by Crippen LogP contribution is 2.83. The number of benzene rings is 18. The van der Waals surface area contributed by atoms with Crippen LogP contribution in [0.5, 0.6) is 0 Å². The summed E-state index contributed by atoms with van der Waals surface area (Å²) in [6.45, 7) is 0. The molecule has 1 nitrogen and oxygen atoms in total. The molecular weight excluding hydrogens is 749 g/mol. The standard InChI is InChI=1S/C61H3O/c1-62-61-58-54-48-34-26-18-6-3-2-4-7(6)19-21-17-11(4)13-9-5(2)8-12-10(3)16-20(18)32(34)40-38-24(16)22(12)30-28-14(8)15(9)29-31-23(13)25(17)39-41-33(21)35(27(19)26)49(48)55(58)51(41)53-45(39)43(31)47-37(29)36(28)46-42(30)44(38)52(50(40)54)59(61)56(46)57(47)60(53)61/h1H3. The van der Waals surface area contributed by atoms with Crippen LogP contribution in [0.25, 0.3) is 291 Å². The van der Waals surface area contributed by atoms with Gasteiger partial charge in [-0.15, -0.1) is 0 Å². The van der Waals surface area contributed by atoms with Crippen LogP contribution in [0.4, 0.5) is 0 Å². The predicted molar refractivity (Wildman–Crippen MR) is 262 cm³/mol. The quantitative estimate of drug-likeness (QED) is 0.152. The SMILES string of the molecule is COC12[C]3c4c5c6c1c1c7c2c2c8c3c3c4c4c9c5c5c6c6c1c1c%10c7c7c2c2c8c8c3c3c4c4c9c9c5c5c6c1c1c6c%10c7c7c2c2c8c3c3c4c4c9c5c1c1c6c7c2c3c41. The van der Waals surface area contributed by atoms with E-state index in [2.05, 4.69) is 7.11 Å². The Morgan fingerprint density at radius 2 is 0.306 bits per heavy atom. The van der Waals surface area contributed by atoms with Crippen molar-refractivity contribution in [3.63, 3.8) is 0 Å². The highest BCUT2D eigenvalue weighted by atomic mass is 16.5. The fraction of sp³-hybridized carbons (Fsp3) is 0.0328. The predicted octanol–water partition coefficient (Wildman–Crippen LogP) is 16.6. The van der Waals surface area contributed by atoms with E-state index in [1.807, 2.05) is 0 Å². The van der Waals surface area contributed by atoms with Gasteiger partial charge in [-0.1, -0.05) is 0 Å². The summed E-state index contributed by atoms with van der Waals surface area (Å²) >= 11 is 0. The molecule has 32 rings (SSSR count). The van der Waals surface area contributed by atoms with Gasteiger partial charge < -0.3 is 4.74 Å². The molecule has 1 heteroatoms. The third kappa shape index (κ3) is 1.06. The highest BCUT2D eigenvalue weighted by molar-refractivity contribution is 6.82. The maximum Gasteiger partial charge on any atom is 0.135 e. The third-order valence-electron chi connectivity index (χ3n) is 23.1. The summed E-state index contributed by atoms with van der Waals surface area (Å²) in [5, 5.41) is 88.0. The van der Waals surface area contributed by atoms with Gasteiger partial charge in [0.15, 0.2) is 0 Å². The summed E-state index contributed by atoms with van der Waals surface area (Å²) < 4.78 is 7.74. The van der Waals surface area contributed by atoms with Crippen molar-refractivity contribution in [1.29, 1.82) is 0 Å². The zero-order valence-corrected chi connectivity index (χ0v) is 31.4. The molecule has 0 atom stereocenters. The van der Waals surface area contributed by atoms with Crippen LogP contribution >= 0.6 is 0 Å². The molecule has 0 aromatic heterocycles. The maximum absolute atomic E-state index is 7.74. The van der Waals surface area contributed by atoms with E-state index in [1.165, 1.54) is 0 Å². The summed E-state index contributed by atoms with van der Waals surface area (Å²) in [6, 6.07) is 0. The van der Waals surface area contributed by atoms with E-state index in [4.69, 9.17) is 4.74 Å². The normalized spacial score (nSPS) is 19.5. The average Bonchev–Trinajstić information content (AvgIpc) is 4.13. The number of hydrogen-bond donors (Lipinski definition) is 0. The van der Waals surface area contributed by atoms with Crippen molar-refractivity contribution in [2.24, 2.45) is 0 Å². The van der Waals surface area contributed by atoms with Crippen LogP contribution in [0.1, 0.15) is 22.3 Å². The first-order valence-corrected chi connectivity index (χ1v) is 23.1. The van der Waals surface area contributed by atoms with Crippen LogP contribution < -0.4 is 0 Å². The van der Waals surface area contributed by atoms with Crippen LogP contribution in [0.2, 0.25) is 0 Å². The zero-order valence-electron chi connectivity index (χ0n) is 31.4. The van der Waals surface area contributed by atoms with E-state index in [0.29, 0.717) is 0 Å². The van der Waals surface area contributed by atoms with E-state index < -0.39 is 5.60 Å². The van der Waals surface area contributed by atoms with Crippen LogP contribution in [0.15, 0.2) is 0 Å². The van der Waals surface area contributed by atoms with E-state index in [1.54, 1.807) is 319 Å². The van der Waals surface area contributed by atoms with Gasteiger partial charge in [-0.25, -0.2) is 0 Å². The molecule has 28 aromatic carbocycles. The molecule has 0 spiro atoms. The molecule has 0 N–H and O–H groups in total. The third-order valence-corrected chi connectivity index (χ3v) is 23.1. The summed E-state index contributed by atoms with van der Waals surface area (Å²) in [7, 11) is 2.12. The number of hydrogen-bond acceptors (Lipinski definition) is 1. The summed E-state index contributed by atoms with van der Waals surface area (Å²) in [5.41, 5.74) is 5.63. The van der Waals surface area contributed by atoms with Gasteiger partial charge in [0, 0.05) is 18.2 Å². The van der Waals surface area contributed by atoms with Crippen molar-refractivity contribution < 1.29 is 4.74 Å². The lowest BCUT2D eigenvalue weighted by molar-refractivity contribution is 0.0490. The number of rotatable bonds is 1. The minimum atomic E-state index is -0.634. The van der Waals surface area contributed by atoms with E-state index in [9.17, 15) is 0 Å². The van der Waals surface area contributed by atoms with Gasteiger partial charge in [0.05, 0.1) is 5.92 Å². The number of ether oxygens (including phenoxy) is 1. The Morgan fingerprint density at radius 1 is 0.177 bits per heavy atom. The van der Waals surface area contributed by atoms with Crippen molar-refractivity contribution in [3.8, 4) is 0 Å². The van der Waals surface area contributed by atoms with Gasteiger partial charge in [0.2, 0.25) is 0 Å². The fourth-order valence-corrected chi connectivity index (χ4v) is 23.1. The smallest absolute Gasteiger partial charge is 0.135 e. The van der Waals surface area contributed by atoms with Crippen molar-refractivity contribution in [3.05, 3.63) is 28.2 Å². The first kappa shape index (κ1) is 21.8. The second kappa shape index (κ2) is 4.72. The van der Waals surface area contributed by atoms with Crippen LogP contribution in [-0.2, 0) is 10.3 Å². The zero-order chi connectivity index (χ0) is 36.3. The fourth-order valence-electron chi connectivity index (χ4n) is 23.1. The molecule has 0 unspecified atom stereocenters. The molecule has 1 radical (unpaired) electrons. The van der Waals surface area contributed by atoms with Gasteiger partial charge in [-0.3, -0.25) is 0 Å². The van der Waals surface area contributed by atoms with Gasteiger partial charge >= 0.3 is 0 Å². The topological polar surface area (TPSA) is 9.23 Å². The molecular formula is C61H3O. The van der Waals surface area contributed by atoms with Gasteiger partial charge in [-0.05, 0) is 302 Å². The molecule has 0 saturated heterocycles. The highest BCUT2D eigenvalue weighted by Gasteiger charge is 2.64. The second-order valence-corrected chi connectivity index (χ2v) is 23.0. The molecule has 0 fully saturated rings. The van der Waals surface area contributed by atoms with Crippen molar-refractivity contribution >= 4 is 291 Å². The molecule has 28 aromatic rings. The van der Waals surface area contributed by atoms with Crippen LogP contribution in [0.3, 0.4) is 0 Å². The van der Waals surface area contributed by atoms with Crippen molar-refractivity contribution in [2.45, 2.75) is 5.60 Å². The Hall–Kier alpha value is -7.58. The summed E-state index contributed by atoms with van der Waals surface area (Å²) in [6.07, 6.45) is 0. The maximum atomic E-state index is 7.74. The molecule has 253 valence electrons. The Morgan fingerprint density at radius 3 is 0.484 bits per heavy atom. The summed E-state index contributed by atoms with van der Waals surface area (Å²) in [5.74, 6) is 1.55. The monoisotopic (exact) mass is 751 g/mol. The largest absolute Gasteiger partial charge is 0.367 e. The minimum absolute atomic E-state index is 0.634. The Balaban J connectivity index is 1.32. The van der Waals surface area contributed by atoms with E-state index in [-0.39, 0.29) is 0 Å². The van der Waals surface area contributed by atoms with E-state index >= 15 is 0 Å². The molecule has 0 aliphatic heterocycles. The van der Waals surface area contributed by atoms with Crippen molar-refractivity contribution in [1.82, 2.24) is 0 Å². The molecule has 4 aliphatic rings. The molecule has 62 heavy (non-hydrogen) atoms. The molecule has 4 aliphatic carbocycles. The lowest BCUT2D eigenvalue weighted by Gasteiger charge is -2.43. The molecule has 0 bridgehead atoms.